The van der Waals surface area contributed by atoms with Gasteiger partial charge in [0.25, 0.3) is 0 Å². The predicted octanol–water partition coefficient (Wildman–Crippen LogP) is 3.22. The van der Waals surface area contributed by atoms with Gasteiger partial charge in [-0.3, -0.25) is 0 Å². The molecule has 1 aromatic carbocycles. The largest absolute Gasteiger partial charge is 0.382 e. The molecule has 1 aromatic heterocycles. The van der Waals surface area contributed by atoms with Crippen molar-refractivity contribution in [2.24, 2.45) is 5.41 Å². The van der Waals surface area contributed by atoms with Crippen molar-refractivity contribution in [1.82, 2.24) is 9.78 Å². The number of nitrogens with zero attached hydrogens (tertiary/aromatic N) is 2. The van der Waals surface area contributed by atoms with Gasteiger partial charge in [-0.05, 0) is 30.4 Å². The predicted molar refractivity (Wildman–Crippen MR) is 83.2 cm³/mol. The number of hydrogen-bond acceptors (Lipinski definition) is 3. The monoisotopic (exact) mass is 288 g/mol. The van der Waals surface area contributed by atoms with Crippen LogP contribution in [0.15, 0.2) is 42.6 Å². The first-order valence-corrected chi connectivity index (χ1v) is 8.10. The van der Waals surface area contributed by atoms with Gasteiger partial charge in [0.2, 0.25) is 0 Å². The molecule has 0 radical (unpaired) electrons. The molecule has 106 valence electrons. The lowest BCUT2D eigenvalue weighted by molar-refractivity contribution is -0.0630. The fourth-order valence-electron chi connectivity index (χ4n) is 2.76. The highest BCUT2D eigenvalue weighted by Crippen LogP contribution is 2.48. The van der Waals surface area contributed by atoms with E-state index in [1.165, 1.54) is 0 Å². The van der Waals surface area contributed by atoms with E-state index in [4.69, 9.17) is 0 Å². The van der Waals surface area contributed by atoms with Gasteiger partial charge in [-0.15, -0.1) is 0 Å². The Hall–Kier alpha value is -1.26. The van der Waals surface area contributed by atoms with Crippen LogP contribution in [0.25, 0.3) is 5.69 Å². The fourth-order valence-corrected chi connectivity index (χ4v) is 4.39. The van der Waals surface area contributed by atoms with Crippen LogP contribution in [0.1, 0.15) is 26.0 Å². The van der Waals surface area contributed by atoms with Crippen LogP contribution in [0.3, 0.4) is 0 Å². The molecule has 1 atom stereocenters. The normalized spacial score (nSPS) is 25.6. The van der Waals surface area contributed by atoms with Gasteiger partial charge in [0.15, 0.2) is 0 Å². The molecule has 4 heteroatoms. The molecule has 1 aliphatic rings. The van der Waals surface area contributed by atoms with Crippen LogP contribution >= 0.6 is 11.8 Å². The van der Waals surface area contributed by atoms with E-state index in [-0.39, 0.29) is 5.41 Å². The molecule has 0 aliphatic carbocycles. The van der Waals surface area contributed by atoms with Crippen molar-refractivity contribution >= 4 is 11.8 Å². The van der Waals surface area contributed by atoms with Gasteiger partial charge in [0, 0.05) is 17.4 Å². The van der Waals surface area contributed by atoms with E-state index in [1.807, 2.05) is 52.8 Å². The van der Waals surface area contributed by atoms with Crippen LogP contribution in [-0.2, 0) is 5.60 Å². The molecule has 0 amide bonds. The molecule has 1 N–H and O–H groups in total. The Bertz CT molecular complexity index is 594. The Kier molecular flexibility index (Phi) is 3.38. The van der Waals surface area contributed by atoms with E-state index in [1.54, 1.807) is 6.20 Å². The Morgan fingerprint density at radius 3 is 2.65 bits per heavy atom. The van der Waals surface area contributed by atoms with Gasteiger partial charge >= 0.3 is 0 Å². The maximum atomic E-state index is 11.3. The lowest BCUT2D eigenvalue weighted by Crippen LogP contribution is -2.48. The third kappa shape index (κ3) is 2.07. The maximum absolute atomic E-state index is 11.3. The van der Waals surface area contributed by atoms with E-state index >= 15 is 0 Å². The van der Waals surface area contributed by atoms with Crippen molar-refractivity contribution in [2.45, 2.75) is 25.9 Å². The molecular weight excluding hydrogens is 268 g/mol. The number of thioether (sulfide) groups is 1. The topological polar surface area (TPSA) is 38.1 Å². The first kappa shape index (κ1) is 13.7. The molecule has 0 bridgehead atoms. The Balaban J connectivity index is 2.09. The molecule has 2 heterocycles. The fraction of sp³-hybridized carbons (Fsp3) is 0.438. The molecule has 3 nitrogen and oxygen atoms in total. The second kappa shape index (κ2) is 4.93. The summed E-state index contributed by atoms with van der Waals surface area (Å²) in [5, 5.41) is 15.7. The minimum absolute atomic E-state index is 0.148. The van der Waals surface area contributed by atoms with E-state index in [2.05, 4.69) is 18.9 Å². The van der Waals surface area contributed by atoms with Crippen molar-refractivity contribution in [3.63, 3.8) is 0 Å². The standard InChI is InChI=1S/C16H20N2OS/c1-15(2)9-11-20-12-16(15,19)14-8-10-17-18(14)13-6-4-3-5-7-13/h3-8,10,19H,9,11-12H2,1-2H3. The van der Waals surface area contributed by atoms with Gasteiger partial charge in [0.05, 0.1) is 11.4 Å². The minimum Gasteiger partial charge on any atom is -0.382 e. The molecule has 20 heavy (non-hydrogen) atoms. The highest BCUT2D eigenvalue weighted by Gasteiger charge is 2.48. The zero-order valence-electron chi connectivity index (χ0n) is 11.9. The number of aromatic nitrogens is 2. The molecule has 0 spiro atoms. The highest BCUT2D eigenvalue weighted by molar-refractivity contribution is 7.99. The van der Waals surface area contributed by atoms with Crippen molar-refractivity contribution in [3.05, 3.63) is 48.3 Å². The van der Waals surface area contributed by atoms with Crippen LogP contribution in [0.2, 0.25) is 0 Å². The average molecular weight is 288 g/mol. The van der Waals surface area contributed by atoms with Crippen LogP contribution < -0.4 is 0 Å². The smallest absolute Gasteiger partial charge is 0.121 e. The molecule has 0 saturated carbocycles. The summed E-state index contributed by atoms with van der Waals surface area (Å²) in [6, 6.07) is 11.9. The number of aliphatic hydroxyl groups is 1. The molecular formula is C16H20N2OS. The Morgan fingerprint density at radius 1 is 1.20 bits per heavy atom. The highest BCUT2D eigenvalue weighted by atomic mass is 32.2. The number of hydrogen-bond donors (Lipinski definition) is 1. The van der Waals surface area contributed by atoms with Gasteiger partial charge in [0.1, 0.15) is 5.60 Å². The Labute approximate surface area is 124 Å². The zero-order chi connectivity index (χ0) is 14.2. The minimum atomic E-state index is -0.845. The van der Waals surface area contributed by atoms with Crippen molar-refractivity contribution in [1.29, 1.82) is 0 Å². The summed E-state index contributed by atoms with van der Waals surface area (Å²) in [6.07, 6.45) is 2.78. The molecule has 1 fully saturated rings. The summed E-state index contributed by atoms with van der Waals surface area (Å²) in [5.41, 5.74) is 0.890. The third-order valence-electron chi connectivity index (χ3n) is 4.37. The zero-order valence-corrected chi connectivity index (χ0v) is 12.7. The van der Waals surface area contributed by atoms with Crippen LogP contribution in [0.5, 0.6) is 0 Å². The molecule has 1 unspecified atom stereocenters. The number of benzene rings is 1. The van der Waals surface area contributed by atoms with E-state index in [0.29, 0.717) is 0 Å². The average Bonchev–Trinajstić information content (AvgIpc) is 2.93. The van der Waals surface area contributed by atoms with E-state index in [9.17, 15) is 5.11 Å². The number of para-hydroxylation sites is 1. The van der Waals surface area contributed by atoms with Crippen molar-refractivity contribution in [3.8, 4) is 5.69 Å². The van der Waals surface area contributed by atoms with Crippen LogP contribution in [-0.4, -0.2) is 26.4 Å². The quantitative estimate of drug-likeness (QED) is 0.922. The molecule has 2 aromatic rings. The lowest BCUT2D eigenvalue weighted by atomic mass is 9.71. The maximum Gasteiger partial charge on any atom is 0.121 e. The Morgan fingerprint density at radius 2 is 1.95 bits per heavy atom. The lowest BCUT2D eigenvalue weighted by Gasteiger charge is -2.46. The van der Waals surface area contributed by atoms with Gasteiger partial charge in [-0.25, -0.2) is 4.68 Å². The van der Waals surface area contributed by atoms with Crippen molar-refractivity contribution < 1.29 is 5.11 Å². The van der Waals surface area contributed by atoms with Crippen molar-refractivity contribution in [2.75, 3.05) is 11.5 Å². The van der Waals surface area contributed by atoms with Gasteiger partial charge < -0.3 is 5.11 Å². The summed E-state index contributed by atoms with van der Waals surface area (Å²) in [4.78, 5) is 0. The first-order chi connectivity index (χ1) is 9.55. The van der Waals surface area contributed by atoms with Crippen LogP contribution in [0.4, 0.5) is 0 Å². The summed E-state index contributed by atoms with van der Waals surface area (Å²) < 4.78 is 1.87. The SMILES string of the molecule is CC1(C)CCSCC1(O)c1ccnn1-c1ccccc1. The molecule has 1 saturated heterocycles. The first-order valence-electron chi connectivity index (χ1n) is 6.95. The van der Waals surface area contributed by atoms with Gasteiger partial charge in [-0.2, -0.15) is 16.9 Å². The second-order valence-electron chi connectivity index (χ2n) is 6.01. The third-order valence-corrected chi connectivity index (χ3v) is 5.48. The van der Waals surface area contributed by atoms with Gasteiger partial charge in [-0.1, -0.05) is 32.0 Å². The van der Waals surface area contributed by atoms with E-state index < -0.39 is 5.60 Å². The summed E-state index contributed by atoms with van der Waals surface area (Å²) in [7, 11) is 0. The number of rotatable bonds is 2. The summed E-state index contributed by atoms with van der Waals surface area (Å²) in [6.45, 7) is 4.30. The summed E-state index contributed by atoms with van der Waals surface area (Å²) >= 11 is 1.82. The van der Waals surface area contributed by atoms with Crippen LogP contribution in [0, 0.1) is 5.41 Å². The second-order valence-corrected chi connectivity index (χ2v) is 7.12. The summed E-state index contributed by atoms with van der Waals surface area (Å²) in [5.74, 6) is 1.83. The van der Waals surface area contributed by atoms with E-state index in [0.717, 1.165) is 29.3 Å². The molecule has 1 aliphatic heterocycles. The molecule has 3 rings (SSSR count).